The lowest BCUT2D eigenvalue weighted by Crippen LogP contribution is -2.34. The van der Waals surface area contributed by atoms with Crippen LogP contribution in [0, 0.1) is 0 Å². The van der Waals surface area contributed by atoms with Crippen LogP contribution in [0.15, 0.2) is 66.1 Å². The summed E-state index contributed by atoms with van der Waals surface area (Å²) in [6.45, 7) is 1.10. The highest BCUT2D eigenvalue weighted by Gasteiger charge is 2.45. The Bertz CT molecular complexity index is 1070. The van der Waals surface area contributed by atoms with E-state index in [0.717, 1.165) is 16.0 Å². The molecule has 1 aliphatic heterocycles. The van der Waals surface area contributed by atoms with E-state index in [1.165, 1.54) is 0 Å². The van der Waals surface area contributed by atoms with Crippen molar-refractivity contribution in [2.75, 3.05) is 12.4 Å². The molecule has 0 aliphatic carbocycles. The van der Waals surface area contributed by atoms with E-state index in [9.17, 15) is 4.79 Å². The summed E-state index contributed by atoms with van der Waals surface area (Å²) in [6.07, 6.45) is 4.07. The maximum atomic E-state index is 10.6. The average Bonchev–Trinajstić information content (AvgIpc) is 3.42. The topological polar surface area (TPSA) is 85.6 Å². The second-order valence-electron chi connectivity index (χ2n) is 7.28. The monoisotopic (exact) mass is 493 g/mol. The van der Waals surface area contributed by atoms with Crippen molar-refractivity contribution in [2.45, 2.75) is 29.9 Å². The fraction of sp³-hybridized carbons (Fsp3) is 0.273. The van der Waals surface area contributed by atoms with E-state index < -0.39 is 11.9 Å². The summed E-state index contributed by atoms with van der Waals surface area (Å²) in [6, 6.07) is 13.0. The van der Waals surface area contributed by atoms with Crippen LogP contribution in [0.1, 0.15) is 11.1 Å². The number of carboxylic acid groups (broad SMARTS) is 1. The van der Waals surface area contributed by atoms with Gasteiger partial charge in [-0.15, -0.1) is 11.8 Å². The number of halogens is 2. The number of benzene rings is 2. The molecule has 1 saturated heterocycles. The van der Waals surface area contributed by atoms with E-state index in [1.807, 2.05) is 41.1 Å². The third kappa shape index (κ3) is 5.57. The van der Waals surface area contributed by atoms with E-state index in [1.54, 1.807) is 36.4 Å². The molecule has 4 rings (SSSR count). The van der Waals surface area contributed by atoms with Crippen LogP contribution in [0.25, 0.3) is 0 Å². The zero-order valence-electron chi connectivity index (χ0n) is 16.9. The molecule has 2 atom stereocenters. The Labute approximate surface area is 199 Å². The van der Waals surface area contributed by atoms with Gasteiger partial charge in [-0.1, -0.05) is 41.4 Å². The molecule has 10 heteroatoms. The SMILES string of the molecule is O=C(O)NCc1ccc(SCC2COC(Cn3ccnc3)(c3ccc(Cl)cc3Cl)O2)cc1. The van der Waals surface area contributed by atoms with Gasteiger partial charge in [-0.05, 0) is 29.8 Å². The van der Waals surface area contributed by atoms with Gasteiger partial charge in [0.2, 0.25) is 5.79 Å². The summed E-state index contributed by atoms with van der Waals surface area (Å²) in [4.78, 5) is 15.8. The number of aromatic nitrogens is 2. The van der Waals surface area contributed by atoms with Crippen LogP contribution in [0.2, 0.25) is 10.0 Å². The second-order valence-corrected chi connectivity index (χ2v) is 9.21. The first-order valence-electron chi connectivity index (χ1n) is 9.85. The molecule has 2 unspecified atom stereocenters. The van der Waals surface area contributed by atoms with Gasteiger partial charge in [0.05, 0.1) is 30.6 Å². The van der Waals surface area contributed by atoms with Crippen LogP contribution >= 0.6 is 35.0 Å². The molecular weight excluding hydrogens is 473 g/mol. The molecule has 3 aromatic rings. The number of amides is 1. The highest BCUT2D eigenvalue weighted by molar-refractivity contribution is 7.99. The van der Waals surface area contributed by atoms with Crippen LogP contribution in [0.5, 0.6) is 0 Å². The molecule has 1 aromatic heterocycles. The van der Waals surface area contributed by atoms with Crippen molar-refractivity contribution in [3.8, 4) is 0 Å². The molecule has 1 fully saturated rings. The van der Waals surface area contributed by atoms with Gasteiger partial charge in [-0.3, -0.25) is 0 Å². The van der Waals surface area contributed by atoms with Gasteiger partial charge in [0.15, 0.2) is 0 Å². The number of imidazole rings is 1. The van der Waals surface area contributed by atoms with Crippen molar-refractivity contribution in [3.63, 3.8) is 0 Å². The lowest BCUT2D eigenvalue weighted by molar-refractivity contribution is -0.184. The van der Waals surface area contributed by atoms with Gasteiger partial charge in [0, 0.05) is 40.2 Å². The Kier molecular flexibility index (Phi) is 7.27. The summed E-state index contributed by atoms with van der Waals surface area (Å²) in [5, 5.41) is 12.1. The van der Waals surface area contributed by atoms with Gasteiger partial charge in [-0.25, -0.2) is 9.78 Å². The minimum atomic E-state index is -1.04. The summed E-state index contributed by atoms with van der Waals surface area (Å²) in [5.74, 6) is -0.358. The van der Waals surface area contributed by atoms with Crippen LogP contribution < -0.4 is 5.32 Å². The van der Waals surface area contributed by atoms with Crippen molar-refractivity contribution in [2.24, 2.45) is 0 Å². The molecule has 2 heterocycles. The predicted molar refractivity (Wildman–Crippen MR) is 123 cm³/mol. The van der Waals surface area contributed by atoms with E-state index in [-0.39, 0.29) is 12.6 Å². The number of rotatable bonds is 8. The first-order chi connectivity index (χ1) is 15.4. The Morgan fingerprint density at radius 2 is 2.09 bits per heavy atom. The number of nitrogens with zero attached hydrogens (tertiary/aromatic N) is 2. The maximum absolute atomic E-state index is 10.6. The smallest absolute Gasteiger partial charge is 0.404 e. The minimum Gasteiger partial charge on any atom is -0.465 e. The maximum Gasteiger partial charge on any atom is 0.404 e. The zero-order valence-corrected chi connectivity index (χ0v) is 19.2. The van der Waals surface area contributed by atoms with Crippen molar-refractivity contribution in [3.05, 3.63) is 82.4 Å². The molecule has 2 N–H and O–H groups in total. The molecular formula is C22H21Cl2N3O4S. The third-order valence-corrected chi connectivity index (χ3v) is 6.65. The highest BCUT2D eigenvalue weighted by atomic mass is 35.5. The summed E-state index contributed by atoms with van der Waals surface area (Å²) >= 11 is 14.2. The van der Waals surface area contributed by atoms with Crippen LogP contribution in [0.3, 0.4) is 0 Å². The van der Waals surface area contributed by atoms with E-state index in [2.05, 4.69) is 10.3 Å². The Morgan fingerprint density at radius 1 is 1.28 bits per heavy atom. The number of hydrogen-bond donors (Lipinski definition) is 2. The summed E-state index contributed by atoms with van der Waals surface area (Å²) in [5.41, 5.74) is 1.62. The first-order valence-corrected chi connectivity index (χ1v) is 11.6. The lowest BCUT2D eigenvalue weighted by atomic mass is 10.1. The fourth-order valence-corrected chi connectivity index (χ4v) is 4.87. The number of hydrogen-bond acceptors (Lipinski definition) is 5. The first kappa shape index (κ1) is 22.9. The van der Waals surface area contributed by atoms with E-state index in [4.69, 9.17) is 37.8 Å². The summed E-state index contributed by atoms with van der Waals surface area (Å²) in [7, 11) is 0. The van der Waals surface area contributed by atoms with Gasteiger partial charge in [0.25, 0.3) is 0 Å². The van der Waals surface area contributed by atoms with Crippen molar-refractivity contribution < 1.29 is 19.4 Å². The fourth-order valence-electron chi connectivity index (χ4n) is 3.45. The molecule has 0 saturated carbocycles. The Balaban J connectivity index is 1.44. The Morgan fingerprint density at radius 3 is 2.78 bits per heavy atom. The molecule has 7 nitrogen and oxygen atoms in total. The quantitative estimate of drug-likeness (QED) is 0.428. The average molecular weight is 494 g/mol. The largest absolute Gasteiger partial charge is 0.465 e. The molecule has 0 radical (unpaired) electrons. The molecule has 0 bridgehead atoms. The van der Waals surface area contributed by atoms with E-state index >= 15 is 0 Å². The van der Waals surface area contributed by atoms with Crippen LogP contribution in [-0.4, -0.2) is 39.2 Å². The molecule has 1 amide bonds. The van der Waals surface area contributed by atoms with Gasteiger partial charge in [-0.2, -0.15) is 0 Å². The number of carbonyl (C=O) groups is 1. The van der Waals surface area contributed by atoms with Gasteiger partial charge < -0.3 is 24.5 Å². The molecule has 1 aliphatic rings. The lowest BCUT2D eigenvalue weighted by Gasteiger charge is -2.30. The van der Waals surface area contributed by atoms with Crippen molar-refractivity contribution in [1.29, 1.82) is 0 Å². The third-order valence-electron chi connectivity index (χ3n) is 4.95. The minimum absolute atomic E-state index is 0.149. The predicted octanol–water partition coefficient (Wildman–Crippen LogP) is 5.02. The van der Waals surface area contributed by atoms with E-state index in [0.29, 0.717) is 28.9 Å². The van der Waals surface area contributed by atoms with Gasteiger partial charge in [0.1, 0.15) is 0 Å². The van der Waals surface area contributed by atoms with Crippen LogP contribution in [-0.2, 0) is 28.4 Å². The second kappa shape index (κ2) is 10.1. The number of ether oxygens (including phenoxy) is 2. The zero-order chi connectivity index (χ0) is 22.6. The number of nitrogens with one attached hydrogen (secondary N) is 1. The molecule has 2 aromatic carbocycles. The highest BCUT2D eigenvalue weighted by Crippen LogP contribution is 2.41. The van der Waals surface area contributed by atoms with Crippen LogP contribution in [0.4, 0.5) is 4.79 Å². The van der Waals surface area contributed by atoms with Crippen molar-refractivity contribution in [1.82, 2.24) is 14.9 Å². The molecule has 32 heavy (non-hydrogen) atoms. The number of thioether (sulfide) groups is 1. The normalized spacial score (nSPS) is 20.4. The van der Waals surface area contributed by atoms with Crippen molar-refractivity contribution >= 4 is 41.1 Å². The van der Waals surface area contributed by atoms with Gasteiger partial charge >= 0.3 is 6.09 Å². The standard InChI is InChI=1S/C22H21Cl2N3O4S/c23-16-3-6-19(20(24)9-16)22(13-27-8-7-25-14-27)30-11-17(31-22)12-32-18-4-1-15(2-5-18)10-26-21(28)29/h1-9,14,17,26H,10-13H2,(H,28,29). The molecule has 0 spiro atoms. The Hall–Kier alpha value is -2.23. The summed E-state index contributed by atoms with van der Waals surface area (Å²) < 4.78 is 14.6. The molecule has 168 valence electrons.